The number of carbonyl (C=O) groups excluding carboxylic acids is 1. The lowest BCUT2D eigenvalue weighted by Gasteiger charge is -2.14. The molecule has 1 aromatic heterocycles. The lowest BCUT2D eigenvalue weighted by atomic mass is 10.0. The van der Waals surface area contributed by atoms with Crippen molar-refractivity contribution in [3.8, 4) is 0 Å². The number of hydrogen-bond donors (Lipinski definition) is 3. The molecule has 0 radical (unpaired) electrons. The van der Waals surface area contributed by atoms with Crippen molar-refractivity contribution in [3.05, 3.63) is 77.0 Å². The molecule has 1 aliphatic carbocycles. The Kier molecular flexibility index (Phi) is 5.19. The normalized spacial score (nSPS) is 16.3. The standard InChI is InChI=1S/C23H24N2O2/c26-15-19(27)8-5-16-6-9-21-17(13-16)7-10-23(21)24-12-11-18-14-25-22-4-2-1-3-20(18)22/h1-6,8-9,13-14,23-26H,7,10-12,15H2/b8-5+. The SMILES string of the molecule is O=C(/C=C/c1ccc2c(c1)CCC2NCCc1c[nH]c2ccccc12)CO. The molecular weight excluding hydrogens is 336 g/mol. The van der Waals surface area contributed by atoms with E-state index >= 15 is 0 Å². The van der Waals surface area contributed by atoms with Crippen LogP contribution in [0.25, 0.3) is 17.0 Å². The van der Waals surface area contributed by atoms with E-state index in [1.54, 1.807) is 6.08 Å². The van der Waals surface area contributed by atoms with Crippen molar-refractivity contribution < 1.29 is 9.90 Å². The van der Waals surface area contributed by atoms with Crippen LogP contribution in [0.2, 0.25) is 0 Å². The highest BCUT2D eigenvalue weighted by Gasteiger charge is 2.21. The van der Waals surface area contributed by atoms with Crippen molar-refractivity contribution in [1.82, 2.24) is 10.3 Å². The number of aryl methyl sites for hydroxylation is 1. The first kappa shape index (κ1) is 17.7. The molecule has 0 fully saturated rings. The number of hydrogen-bond acceptors (Lipinski definition) is 3. The smallest absolute Gasteiger partial charge is 0.181 e. The molecule has 1 aliphatic rings. The molecule has 4 rings (SSSR count). The van der Waals surface area contributed by atoms with E-state index in [0.29, 0.717) is 6.04 Å². The van der Waals surface area contributed by atoms with Crippen molar-refractivity contribution in [2.75, 3.05) is 13.2 Å². The number of nitrogens with one attached hydrogen (secondary N) is 2. The van der Waals surface area contributed by atoms with Crippen LogP contribution in [0.15, 0.2) is 54.7 Å². The highest BCUT2D eigenvalue weighted by molar-refractivity contribution is 5.94. The van der Waals surface area contributed by atoms with Crippen molar-refractivity contribution in [3.63, 3.8) is 0 Å². The van der Waals surface area contributed by atoms with Gasteiger partial charge in [0.2, 0.25) is 0 Å². The van der Waals surface area contributed by atoms with Crippen LogP contribution in [0.5, 0.6) is 0 Å². The number of aliphatic hydroxyl groups is 1. The van der Waals surface area contributed by atoms with Crippen molar-refractivity contribution in [2.45, 2.75) is 25.3 Å². The van der Waals surface area contributed by atoms with Crippen LogP contribution in [-0.2, 0) is 17.6 Å². The minimum Gasteiger partial charge on any atom is -0.388 e. The molecule has 4 nitrogen and oxygen atoms in total. The summed E-state index contributed by atoms with van der Waals surface area (Å²) >= 11 is 0. The predicted molar refractivity (Wildman–Crippen MR) is 109 cm³/mol. The Balaban J connectivity index is 1.38. The zero-order valence-corrected chi connectivity index (χ0v) is 15.2. The van der Waals surface area contributed by atoms with Crippen molar-refractivity contribution in [1.29, 1.82) is 0 Å². The fraction of sp³-hybridized carbons (Fsp3) is 0.261. The molecule has 4 heteroatoms. The molecule has 0 bridgehead atoms. The Hall–Kier alpha value is -2.69. The van der Waals surface area contributed by atoms with Gasteiger partial charge in [-0.2, -0.15) is 0 Å². The second-order valence-electron chi connectivity index (χ2n) is 7.07. The summed E-state index contributed by atoms with van der Waals surface area (Å²) in [4.78, 5) is 14.6. The van der Waals surface area contributed by atoms with E-state index in [9.17, 15) is 4.79 Å². The van der Waals surface area contributed by atoms with Crippen LogP contribution in [0, 0.1) is 0 Å². The first-order valence-corrected chi connectivity index (χ1v) is 9.47. The topological polar surface area (TPSA) is 65.1 Å². The van der Waals surface area contributed by atoms with Crippen LogP contribution >= 0.6 is 0 Å². The average Bonchev–Trinajstić information content (AvgIpc) is 3.30. The van der Waals surface area contributed by atoms with Gasteiger partial charge in [-0.3, -0.25) is 4.79 Å². The van der Waals surface area contributed by atoms with E-state index in [2.05, 4.69) is 52.9 Å². The molecule has 138 valence electrons. The lowest BCUT2D eigenvalue weighted by Crippen LogP contribution is -2.21. The molecule has 0 aliphatic heterocycles. The Morgan fingerprint density at radius 2 is 2.15 bits per heavy atom. The number of benzene rings is 2. The van der Waals surface area contributed by atoms with E-state index in [1.165, 1.54) is 33.7 Å². The van der Waals surface area contributed by atoms with Crippen molar-refractivity contribution in [2.24, 2.45) is 0 Å². The van der Waals surface area contributed by atoms with Crippen LogP contribution in [-0.4, -0.2) is 29.0 Å². The fourth-order valence-electron chi connectivity index (χ4n) is 3.91. The summed E-state index contributed by atoms with van der Waals surface area (Å²) in [7, 11) is 0. The first-order valence-electron chi connectivity index (χ1n) is 9.47. The van der Waals surface area contributed by atoms with Gasteiger partial charge >= 0.3 is 0 Å². The molecule has 2 aromatic carbocycles. The molecular formula is C23H24N2O2. The summed E-state index contributed by atoms with van der Waals surface area (Å²) in [5, 5.41) is 13.8. The second-order valence-corrected chi connectivity index (χ2v) is 7.07. The number of aromatic amines is 1. The number of aliphatic hydroxyl groups excluding tert-OH is 1. The van der Waals surface area contributed by atoms with Crippen LogP contribution in [0.3, 0.4) is 0 Å². The maximum atomic E-state index is 11.2. The zero-order valence-electron chi connectivity index (χ0n) is 15.2. The number of ketones is 1. The summed E-state index contributed by atoms with van der Waals surface area (Å²) in [5.74, 6) is -0.271. The zero-order chi connectivity index (χ0) is 18.6. The van der Waals surface area contributed by atoms with Gasteiger partial charge in [0, 0.05) is 23.1 Å². The first-order chi connectivity index (χ1) is 13.2. The van der Waals surface area contributed by atoms with E-state index in [0.717, 1.165) is 31.4 Å². The molecule has 0 saturated heterocycles. The van der Waals surface area contributed by atoms with E-state index < -0.39 is 6.61 Å². The summed E-state index contributed by atoms with van der Waals surface area (Å²) in [6, 6.07) is 15.2. The van der Waals surface area contributed by atoms with E-state index in [1.807, 2.05) is 6.07 Å². The largest absolute Gasteiger partial charge is 0.388 e. The van der Waals surface area contributed by atoms with Gasteiger partial charge in [-0.25, -0.2) is 0 Å². The molecule has 0 amide bonds. The number of para-hydroxylation sites is 1. The fourth-order valence-corrected chi connectivity index (χ4v) is 3.91. The average molecular weight is 360 g/mol. The maximum Gasteiger partial charge on any atom is 0.181 e. The summed E-state index contributed by atoms with van der Waals surface area (Å²) in [6.07, 6.45) is 8.48. The number of rotatable bonds is 7. The lowest BCUT2D eigenvalue weighted by molar-refractivity contribution is -0.117. The van der Waals surface area contributed by atoms with Gasteiger partial charge in [-0.1, -0.05) is 42.5 Å². The number of carbonyl (C=O) groups is 1. The Bertz CT molecular complexity index is 987. The molecule has 1 atom stereocenters. The van der Waals surface area contributed by atoms with Gasteiger partial charge in [-0.15, -0.1) is 0 Å². The van der Waals surface area contributed by atoms with Crippen LogP contribution in [0.4, 0.5) is 0 Å². The Morgan fingerprint density at radius 3 is 3.04 bits per heavy atom. The third-order valence-corrected chi connectivity index (χ3v) is 5.32. The van der Waals surface area contributed by atoms with Crippen LogP contribution in [0.1, 0.15) is 34.7 Å². The van der Waals surface area contributed by atoms with Crippen LogP contribution < -0.4 is 5.32 Å². The quantitative estimate of drug-likeness (QED) is 0.565. The van der Waals surface area contributed by atoms with E-state index in [4.69, 9.17) is 5.11 Å². The highest BCUT2D eigenvalue weighted by atomic mass is 16.3. The van der Waals surface area contributed by atoms with Gasteiger partial charge in [0.15, 0.2) is 5.78 Å². The third-order valence-electron chi connectivity index (χ3n) is 5.32. The van der Waals surface area contributed by atoms with Gasteiger partial charge in [0.05, 0.1) is 0 Å². The molecule has 3 N–H and O–H groups in total. The number of H-pyrrole nitrogens is 1. The molecule has 1 unspecified atom stereocenters. The Morgan fingerprint density at radius 1 is 1.26 bits per heavy atom. The molecule has 1 heterocycles. The summed E-state index contributed by atoms with van der Waals surface area (Å²) < 4.78 is 0. The number of aromatic nitrogens is 1. The third kappa shape index (κ3) is 3.87. The Labute approximate surface area is 158 Å². The second kappa shape index (κ2) is 7.91. The molecule has 0 saturated carbocycles. The van der Waals surface area contributed by atoms with Crippen molar-refractivity contribution >= 4 is 22.8 Å². The molecule has 3 aromatic rings. The minimum absolute atomic E-state index is 0.271. The van der Waals surface area contributed by atoms with Gasteiger partial charge < -0.3 is 15.4 Å². The summed E-state index contributed by atoms with van der Waals surface area (Å²) in [6.45, 7) is 0.502. The van der Waals surface area contributed by atoms with Gasteiger partial charge in [0.25, 0.3) is 0 Å². The summed E-state index contributed by atoms with van der Waals surface area (Å²) in [5.41, 5.74) is 6.26. The van der Waals surface area contributed by atoms with Gasteiger partial charge in [0.1, 0.15) is 6.61 Å². The number of fused-ring (bicyclic) bond motifs is 2. The van der Waals surface area contributed by atoms with Gasteiger partial charge in [-0.05, 0) is 60.2 Å². The maximum absolute atomic E-state index is 11.2. The predicted octanol–water partition coefficient (Wildman–Crippen LogP) is 3.56. The highest BCUT2D eigenvalue weighted by Crippen LogP contribution is 2.32. The minimum atomic E-state index is -0.441. The molecule has 0 spiro atoms. The van der Waals surface area contributed by atoms with E-state index in [-0.39, 0.29) is 5.78 Å². The monoisotopic (exact) mass is 360 g/mol. The molecule has 27 heavy (non-hydrogen) atoms.